The Kier molecular flexibility index (Phi) is 2.68. The van der Waals surface area contributed by atoms with Crippen molar-refractivity contribution in [2.45, 2.75) is 43.6 Å². The van der Waals surface area contributed by atoms with Crippen LogP contribution in [0.2, 0.25) is 0 Å². The number of aldehydes is 1. The number of aliphatic hydroxyl groups is 5. The Balaban J connectivity index is 5.83. The van der Waals surface area contributed by atoms with Gasteiger partial charge in [-0.2, -0.15) is 0 Å². The van der Waals surface area contributed by atoms with Crippen LogP contribution >= 0.6 is 0 Å². The van der Waals surface area contributed by atoms with Gasteiger partial charge in [0.05, 0.1) is 6.61 Å². The molecular formula is C9H18O6. The standard InChI is InChI=1S/C9H18O6/c1-7(13,5-11)9(3,15)8(2,14)6(12)4-10/h5-6,10,12-15H,4H2,1-3H3/t6-,7+,8+,9-/m1/s1/i1D,2D,3D. The summed E-state index contributed by atoms with van der Waals surface area (Å²) in [5, 5.41) is 48.2. The van der Waals surface area contributed by atoms with Crippen LogP contribution in [-0.4, -0.2) is 61.3 Å². The van der Waals surface area contributed by atoms with E-state index >= 15 is 0 Å². The molecule has 6 nitrogen and oxygen atoms in total. The van der Waals surface area contributed by atoms with E-state index in [0.717, 1.165) is 0 Å². The molecule has 0 aliphatic heterocycles. The molecular weight excluding hydrogens is 204 g/mol. The average Bonchev–Trinajstić information content (AvgIpc) is 2.42. The molecule has 0 saturated carbocycles. The van der Waals surface area contributed by atoms with Gasteiger partial charge in [-0.05, 0) is 20.7 Å². The second-order valence-corrected chi connectivity index (χ2v) is 3.53. The van der Waals surface area contributed by atoms with Gasteiger partial charge in [0.2, 0.25) is 0 Å². The third-order valence-corrected chi connectivity index (χ3v) is 2.35. The van der Waals surface area contributed by atoms with E-state index in [4.69, 9.17) is 9.22 Å². The summed E-state index contributed by atoms with van der Waals surface area (Å²) in [6.07, 6.45) is -2.28. The number of aliphatic hydroxyl groups excluding tert-OH is 2. The zero-order chi connectivity index (χ0) is 14.6. The van der Waals surface area contributed by atoms with E-state index in [1.54, 1.807) is 0 Å². The summed E-state index contributed by atoms with van der Waals surface area (Å²) in [4.78, 5) is 10.8. The highest BCUT2D eigenvalue weighted by molar-refractivity contribution is 5.64. The molecule has 0 aromatic rings. The summed E-state index contributed by atoms with van der Waals surface area (Å²) in [6, 6.07) is 0. The Hall–Kier alpha value is -0.530. The summed E-state index contributed by atoms with van der Waals surface area (Å²) in [5.41, 5.74) is -8.60. The number of carbonyl (C=O) groups excluding carboxylic acids is 1. The maximum atomic E-state index is 10.8. The molecule has 0 rings (SSSR count). The fraction of sp³-hybridized carbons (Fsp3) is 0.889. The summed E-state index contributed by atoms with van der Waals surface area (Å²) in [5.74, 6) is 0. The van der Waals surface area contributed by atoms with Crippen LogP contribution < -0.4 is 0 Å². The van der Waals surface area contributed by atoms with Crippen LogP contribution in [0.1, 0.15) is 24.8 Å². The SMILES string of the molecule is [2H]C[C@@](O)([C@@](O)(C=O)C[2H])[C@](O)(C[2H])[C@H](O)CO. The van der Waals surface area contributed by atoms with Gasteiger partial charge in [-0.15, -0.1) is 0 Å². The van der Waals surface area contributed by atoms with Crippen molar-refractivity contribution in [2.24, 2.45) is 0 Å². The Morgan fingerprint density at radius 1 is 1.33 bits per heavy atom. The Morgan fingerprint density at radius 2 is 1.93 bits per heavy atom. The van der Waals surface area contributed by atoms with Crippen LogP contribution in [0.4, 0.5) is 0 Å². The molecule has 0 heterocycles. The average molecular weight is 225 g/mol. The predicted molar refractivity (Wildman–Crippen MR) is 51.0 cm³/mol. The fourth-order valence-corrected chi connectivity index (χ4v) is 0.899. The van der Waals surface area contributed by atoms with Crippen molar-refractivity contribution < 1.29 is 34.4 Å². The Bertz CT molecular complexity index is 293. The quantitative estimate of drug-likeness (QED) is 0.339. The molecule has 0 unspecified atom stereocenters. The predicted octanol–water partition coefficient (Wildman–Crippen LogP) is -2.21. The second kappa shape index (κ2) is 4.15. The Morgan fingerprint density at radius 3 is 2.20 bits per heavy atom. The zero-order valence-electron chi connectivity index (χ0n) is 11.1. The van der Waals surface area contributed by atoms with Crippen molar-refractivity contribution in [3.8, 4) is 0 Å². The van der Waals surface area contributed by atoms with Gasteiger partial charge in [0.1, 0.15) is 22.9 Å². The molecule has 0 amide bonds. The smallest absolute Gasteiger partial charge is 0.154 e. The van der Waals surface area contributed by atoms with E-state index in [1.165, 1.54) is 0 Å². The molecule has 6 heteroatoms. The number of hydrogen-bond acceptors (Lipinski definition) is 6. The first-order valence-corrected chi connectivity index (χ1v) is 4.03. The maximum absolute atomic E-state index is 10.8. The van der Waals surface area contributed by atoms with E-state index in [9.17, 15) is 25.2 Å². The molecule has 0 saturated heterocycles. The summed E-state index contributed by atoms with van der Waals surface area (Å²) < 4.78 is 21.3. The van der Waals surface area contributed by atoms with Gasteiger partial charge in [-0.3, -0.25) is 0 Å². The number of hydrogen-bond donors (Lipinski definition) is 5. The van der Waals surface area contributed by atoms with E-state index in [-0.39, 0.29) is 6.29 Å². The van der Waals surface area contributed by atoms with Gasteiger partial charge >= 0.3 is 0 Å². The van der Waals surface area contributed by atoms with Crippen molar-refractivity contribution in [3.05, 3.63) is 0 Å². The van der Waals surface area contributed by atoms with E-state index < -0.39 is 50.2 Å². The van der Waals surface area contributed by atoms with Gasteiger partial charge in [0, 0.05) is 4.11 Å². The van der Waals surface area contributed by atoms with Gasteiger partial charge in [-0.1, -0.05) is 0 Å². The molecule has 0 fully saturated rings. The minimum Gasteiger partial charge on any atom is -0.394 e. The first-order valence-electron chi connectivity index (χ1n) is 6.15. The topological polar surface area (TPSA) is 118 Å². The molecule has 15 heavy (non-hydrogen) atoms. The van der Waals surface area contributed by atoms with Crippen LogP contribution in [0.5, 0.6) is 0 Å². The van der Waals surface area contributed by atoms with Crippen LogP contribution in [-0.2, 0) is 4.79 Å². The zero-order valence-corrected chi connectivity index (χ0v) is 8.13. The van der Waals surface area contributed by atoms with Crippen molar-refractivity contribution in [1.29, 1.82) is 0 Å². The van der Waals surface area contributed by atoms with Crippen molar-refractivity contribution >= 4 is 6.29 Å². The van der Waals surface area contributed by atoms with Crippen LogP contribution in [0.25, 0.3) is 0 Å². The number of rotatable bonds is 5. The lowest BCUT2D eigenvalue weighted by molar-refractivity contribution is -0.248. The largest absolute Gasteiger partial charge is 0.394 e. The fourth-order valence-electron chi connectivity index (χ4n) is 0.899. The second-order valence-electron chi connectivity index (χ2n) is 3.53. The first kappa shape index (κ1) is 9.68. The van der Waals surface area contributed by atoms with Gasteiger partial charge in [-0.25, -0.2) is 0 Å². The molecule has 0 aliphatic rings. The molecule has 4 atom stereocenters. The monoisotopic (exact) mass is 225 g/mol. The van der Waals surface area contributed by atoms with Gasteiger partial charge < -0.3 is 30.3 Å². The van der Waals surface area contributed by atoms with E-state index in [0.29, 0.717) is 0 Å². The molecule has 0 bridgehead atoms. The molecule has 90 valence electrons. The van der Waals surface area contributed by atoms with Crippen LogP contribution in [0.15, 0.2) is 0 Å². The third-order valence-electron chi connectivity index (χ3n) is 2.35. The highest BCUT2D eigenvalue weighted by Gasteiger charge is 2.57. The summed E-state index contributed by atoms with van der Waals surface area (Å²) in [6.45, 7) is -4.36. The summed E-state index contributed by atoms with van der Waals surface area (Å²) in [7, 11) is 0. The van der Waals surface area contributed by atoms with Crippen molar-refractivity contribution in [1.82, 2.24) is 0 Å². The highest BCUT2D eigenvalue weighted by atomic mass is 16.4. The van der Waals surface area contributed by atoms with Crippen molar-refractivity contribution in [2.75, 3.05) is 6.61 Å². The lowest BCUT2D eigenvalue weighted by atomic mass is 9.71. The molecule has 0 spiro atoms. The molecule has 0 radical (unpaired) electrons. The van der Waals surface area contributed by atoms with Crippen LogP contribution in [0.3, 0.4) is 0 Å². The maximum Gasteiger partial charge on any atom is 0.154 e. The molecule has 0 aliphatic carbocycles. The molecule has 0 aromatic carbocycles. The van der Waals surface area contributed by atoms with Crippen molar-refractivity contribution in [3.63, 3.8) is 0 Å². The highest BCUT2D eigenvalue weighted by Crippen LogP contribution is 2.34. The Labute approximate surface area is 92.0 Å². The minimum absolute atomic E-state index is 0.223. The van der Waals surface area contributed by atoms with Gasteiger partial charge in [0.15, 0.2) is 6.29 Å². The first-order chi connectivity index (χ1) is 8.22. The number of carbonyl (C=O) groups is 1. The lowest BCUT2D eigenvalue weighted by Gasteiger charge is -2.46. The molecule has 0 aromatic heterocycles. The third kappa shape index (κ3) is 2.19. The van der Waals surface area contributed by atoms with Crippen LogP contribution in [0, 0.1) is 0 Å². The lowest BCUT2D eigenvalue weighted by Crippen LogP contribution is -2.69. The minimum atomic E-state index is -2.95. The normalized spacial score (nSPS) is 28.5. The van der Waals surface area contributed by atoms with E-state index in [2.05, 4.69) is 0 Å². The van der Waals surface area contributed by atoms with Gasteiger partial charge in [0.25, 0.3) is 0 Å². The van der Waals surface area contributed by atoms with E-state index in [1.807, 2.05) is 0 Å². The molecule has 5 N–H and O–H groups in total. The summed E-state index contributed by atoms with van der Waals surface area (Å²) >= 11 is 0.